The van der Waals surface area contributed by atoms with E-state index >= 15 is 0 Å². The summed E-state index contributed by atoms with van der Waals surface area (Å²) in [5.41, 5.74) is 7.13. The highest BCUT2D eigenvalue weighted by atomic mass is 32.2. The van der Waals surface area contributed by atoms with E-state index in [9.17, 15) is 13.2 Å². The van der Waals surface area contributed by atoms with E-state index in [0.29, 0.717) is 41.9 Å². The van der Waals surface area contributed by atoms with E-state index in [1.165, 1.54) is 0 Å². The van der Waals surface area contributed by atoms with Gasteiger partial charge in [-0.15, -0.1) is 0 Å². The molecule has 0 aliphatic heterocycles. The summed E-state index contributed by atoms with van der Waals surface area (Å²) in [6.07, 6.45) is 0. The van der Waals surface area contributed by atoms with Gasteiger partial charge in [0.2, 0.25) is 15.9 Å². The van der Waals surface area contributed by atoms with Crippen molar-refractivity contribution in [2.24, 2.45) is 5.73 Å². The summed E-state index contributed by atoms with van der Waals surface area (Å²) in [6, 6.07) is 11.6. The van der Waals surface area contributed by atoms with Crippen molar-refractivity contribution in [3.63, 3.8) is 0 Å². The summed E-state index contributed by atoms with van der Waals surface area (Å²) in [4.78, 5) is 16.5. The molecule has 0 fully saturated rings. The zero-order valence-corrected chi connectivity index (χ0v) is 18.4. The van der Waals surface area contributed by atoms with Gasteiger partial charge in [-0.2, -0.15) is 10.1 Å². The normalized spacial score (nSPS) is 11.2. The summed E-state index contributed by atoms with van der Waals surface area (Å²) >= 11 is 0. The number of ether oxygens (including phenoxy) is 2. The summed E-state index contributed by atoms with van der Waals surface area (Å²) in [6.45, 7) is 2.31. The van der Waals surface area contributed by atoms with Gasteiger partial charge in [0, 0.05) is 24.4 Å². The summed E-state index contributed by atoms with van der Waals surface area (Å²) < 4.78 is 36.3. The van der Waals surface area contributed by atoms with Crippen molar-refractivity contribution in [2.45, 2.75) is 6.92 Å². The number of aromatic amines is 1. The van der Waals surface area contributed by atoms with Crippen molar-refractivity contribution in [1.82, 2.24) is 15.2 Å². The molecule has 0 atom stereocenters. The standard InChI is InChI=1S/C20H24N6O5S/c1-3-32(28,29)26-14-9-7-13(8-10-14)18-17(19(21)27)20(25-24-18)23-15-5-4-6-16(22-15)31-12-11-30-2/h4-10,26H,3,11-12H2,1-2H3,(H2,21,27)(H2,22,23,24,25). The van der Waals surface area contributed by atoms with Gasteiger partial charge in [0.1, 0.15) is 18.0 Å². The molecule has 5 N–H and O–H groups in total. The minimum Gasteiger partial charge on any atom is -0.475 e. The minimum atomic E-state index is -3.39. The molecule has 0 unspecified atom stereocenters. The average molecular weight is 461 g/mol. The second-order valence-electron chi connectivity index (χ2n) is 6.60. The molecule has 0 aliphatic rings. The Hall–Kier alpha value is -3.64. The molecular weight excluding hydrogens is 436 g/mol. The molecule has 0 radical (unpaired) electrons. The first kappa shape index (κ1) is 23.0. The van der Waals surface area contributed by atoms with Crippen LogP contribution in [-0.2, 0) is 14.8 Å². The number of hydrogen-bond acceptors (Lipinski definition) is 8. The predicted octanol–water partition coefficient (Wildman–Crippen LogP) is 2.10. The van der Waals surface area contributed by atoms with E-state index in [2.05, 4.69) is 25.2 Å². The monoisotopic (exact) mass is 460 g/mol. The Bertz CT molecular complexity index is 1180. The van der Waals surface area contributed by atoms with Crippen molar-refractivity contribution >= 4 is 33.3 Å². The number of carbonyl (C=O) groups is 1. The van der Waals surface area contributed by atoms with Crippen LogP contribution in [0.25, 0.3) is 11.3 Å². The molecule has 0 saturated carbocycles. The van der Waals surface area contributed by atoms with E-state index in [4.69, 9.17) is 15.2 Å². The fourth-order valence-corrected chi connectivity index (χ4v) is 3.39. The lowest BCUT2D eigenvalue weighted by atomic mass is 10.1. The van der Waals surface area contributed by atoms with Crippen LogP contribution < -0.4 is 20.5 Å². The first-order valence-electron chi connectivity index (χ1n) is 9.68. The summed E-state index contributed by atoms with van der Waals surface area (Å²) in [5.74, 6) is 0.255. The van der Waals surface area contributed by atoms with Crippen LogP contribution in [0, 0.1) is 0 Å². The number of primary amides is 1. The van der Waals surface area contributed by atoms with Crippen molar-refractivity contribution in [2.75, 3.05) is 36.1 Å². The van der Waals surface area contributed by atoms with Crippen LogP contribution in [0.2, 0.25) is 0 Å². The maximum atomic E-state index is 12.2. The number of pyridine rings is 1. The Labute approximate surface area is 185 Å². The number of aromatic nitrogens is 3. The number of sulfonamides is 1. The molecule has 11 nitrogen and oxygen atoms in total. The highest BCUT2D eigenvalue weighted by Gasteiger charge is 2.20. The van der Waals surface area contributed by atoms with Crippen molar-refractivity contribution in [1.29, 1.82) is 0 Å². The van der Waals surface area contributed by atoms with Gasteiger partial charge in [0.05, 0.1) is 18.1 Å². The quantitative estimate of drug-likeness (QED) is 0.316. The number of nitrogens with one attached hydrogen (secondary N) is 3. The Morgan fingerprint density at radius 1 is 1.16 bits per heavy atom. The largest absolute Gasteiger partial charge is 0.475 e. The maximum absolute atomic E-state index is 12.2. The Kier molecular flexibility index (Phi) is 7.28. The van der Waals surface area contributed by atoms with Crippen LogP contribution in [0.5, 0.6) is 5.88 Å². The SMILES string of the molecule is CCS(=O)(=O)Nc1ccc(-c2[nH]nc(Nc3cccc(OCCOC)n3)c2C(N)=O)cc1. The lowest BCUT2D eigenvalue weighted by molar-refractivity contribution is 0.100. The maximum Gasteiger partial charge on any atom is 0.254 e. The molecular formula is C20H24N6O5S. The number of benzene rings is 1. The second kappa shape index (κ2) is 10.1. The zero-order valence-electron chi connectivity index (χ0n) is 17.6. The number of nitrogens with two attached hydrogens (primary N) is 1. The van der Waals surface area contributed by atoms with Crippen LogP contribution in [0.1, 0.15) is 17.3 Å². The molecule has 3 aromatic rings. The first-order valence-corrected chi connectivity index (χ1v) is 11.3. The third-order valence-electron chi connectivity index (χ3n) is 4.35. The summed E-state index contributed by atoms with van der Waals surface area (Å²) in [5, 5.41) is 9.93. The fraction of sp³-hybridized carbons (Fsp3) is 0.250. The first-order chi connectivity index (χ1) is 15.3. The molecule has 0 bridgehead atoms. The number of methoxy groups -OCH3 is 1. The number of amides is 1. The molecule has 0 spiro atoms. The molecule has 2 heterocycles. The third kappa shape index (κ3) is 5.74. The fourth-order valence-electron chi connectivity index (χ4n) is 2.75. The highest BCUT2D eigenvalue weighted by Crippen LogP contribution is 2.29. The molecule has 32 heavy (non-hydrogen) atoms. The predicted molar refractivity (Wildman–Crippen MR) is 121 cm³/mol. The second-order valence-corrected chi connectivity index (χ2v) is 8.61. The molecule has 1 amide bonds. The zero-order chi connectivity index (χ0) is 23.1. The number of anilines is 3. The molecule has 12 heteroatoms. The van der Waals surface area contributed by atoms with Crippen molar-refractivity contribution in [3.8, 4) is 17.1 Å². The molecule has 3 rings (SSSR count). The highest BCUT2D eigenvalue weighted by molar-refractivity contribution is 7.92. The van der Waals surface area contributed by atoms with Crippen LogP contribution in [0.3, 0.4) is 0 Å². The van der Waals surface area contributed by atoms with Crippen molar-refractivity contribution in [3.05, 3.63) is 48.0 Å². The molecule has 170 valence electrons. The van der Waals surface area contributed by atoms with E-state index in [1.807, 2.05) is 0 Å². The van der Waals surface area contributed by atoms with Crippen LogP contribution in [0.15, 0.2) is 42.5 Å². The number of nitrogens with zero attached hydrogens (tertiary/aromatic N) is 2. The topological polar surface area (TPSA) is 161 Å². The number of carbonyl (C=O) groups excluding carboxylic acids is 1. The lowest BCUT2D eigenvalue weighted by Gasteiger charge is -2.09. The van der Waals surface area contributed by atoms with Gasteiger partial charge in [0.15, 0.2) is 5.82 Å². The molecule has 0 saturated heterocycles. The minimum absolute atomic E-state index is 0.0389. The molecule has 1 aromatic carbocycles. The summed E-state index contributed by atoms with van der Waals surface area (Å²) in [7, 11) is -1.82. The lowest BCUT2D eigenvalue weighted by Crippen LogP contribution is -2.14. The Morgan fingerprint density at radius 2 is 1.91 bits per heavy atom. The number of H-pyrrole nitrogens is 1. The van der Waals surface area contributed by atoms with Crippen LogP contribution in [0.4, 0.5) is 17.3 Å². The van der Waals surface area contributed by atoms with Gasteiger partial charge in [-0.1, -0.05) is 18.2 Å². The van der Waals surface area contributed by atoms with E-state index in [0.717, 1.165) is 0 Å². The average Bonchev–Trinajstić information content (AvgIpc) is 3.18. The molecule has 0 aliphatic carbocycles. The smallest absolute Gasteiger partial charge is 0.254 e. The third-order valence-corrected chi connectivity index (χ3v) is 5.65. The van der Waals surface area contributed by atoms with Gasteiger partial charge >= 0.3 is 0 Å². The van der Waals surface area contributed by atoms with Crippen molar-refractivity contribution < 1.29 is 22.7 Å². The van der Waals surface area contributed by atoms with Gasteiger partial charge in [-0.05, 0) is 25.1 Å². The van der Waals surface area contributed by atoms with Crippen LogP contribution in [-0.4, -0.2) is 55.6 Å². The van der Waals surface area contributed by atoms with E-state index in [-0.39, 0.29) is 17.1 Å². The Balaban J connectivity index is 1.83. The number of hydrogen-bond donors (Lipinski definition) is 4. The number of rotatable bonds is 11. The Morgan fingerprint density at radius 3 is 2.56 bits per heavy atom. The van der Waals surface area contributed by atoms with Gasteiger partial charge < -0.3 is 20.5 Å². The molecule has 2 aromatic heterocycles. The van der Waals surface area contributed by atoms with Crippen LogP contribution >= 0.6 is 0 Å². The van der Waals surface area contributed by atoms with Gasteiger partial charge in [-0.3, -0.25) is 14.6 Å². The van der Waals surface area contributed by atoms with Gasteiger partial charge in [0.25, 0.3) is 5.91 Å². The van der Waals surface area contributed by atoms with E-state index in [1.54, 1.807) is 56.5 Å². The van der Waals surface area contributed by atoms with E-state index < -0.39 is 15.9 Å². The van der Waals surface area contributed by atoms with Gasteiger partial charge in [-0.25, -0.2) is 8.42 Å².